The molecular formula is C10H14N4S3. The molecule has 0 atom stereocenters. The van der Waals surface area contributed by atoms with Crippen LogP contribution in [0.4, 0.5) is 0 Å². The minimum absolute atomic E-state index is 0.675. The maximum absolute atomic E-state index is 4.54. The number of rotatable bonds is 6. The van der Waals surface area contributed by atoms with Crippen LogP contribution >= 0.6 is 35.3 Å². The molecule has 0 saturated heterocycles. The van der Waals surface area contributed by atoms with Gasteiger partial charge in [-0.3, -0.25) is 0 Å². The molecule has 2 aromatic heterocycles. The highest BCUT2D eigenvalue weighted by atomic mass is 32.2. The van der Waals surface area contributed by atoms with Crippen LogP contribution < -0.4 is 0 Å². The number of aromatic nitrogens is 4. The predicted octanol–water partition coefficient (Wildman–Crippen LogP) is 3.49. The molecule has 0 aliphatic carbocycles. The first-order valence-corrected chi connectivity index (χ1v) is 8.31. The number of fused-ring (bicyclic) bond motifs is 1. The first-order valence-electron chi connectivity index (χ1n) is 5.61. The Labute approximate surface area is 113 Å². The topological polar surface area (TPSA) is 51.6 Å². The van der Waals surface area contributed by atoms with Gasteiger partial charge in [0.05, 0.1) is 11.7 Å². The molecule has 0 saturated carbocycles. The van der Waals surface area contributed by atoms with Crippen molar-refractivity contribution in [3.63, 3.8) is 0 Å². The average molecular weight is 286 g/mol. The second kappa shape index (κ2) is 6.51. The normalized spacial score (nSPS) is 11.2. The minimum atomic E-state index is 0.675. The summed E-state index contributed by atoms with van der Waals surface area (Å²) in [5.41, 5.74) is 1.35. The molecule has 0 unspecified atom stereocenters. The third kappa shape index (κ3) is 3.29. The molecule has 2 rings (SSSR count). The molecule has 2 aromatic rings. The van der Waals surface area contributed by atoms with Gasteiger partial charge in [-0.15, -0.1) is 23.5 Å². The SMILES string of the molecule is CCCSc1nc2nsnc2nc1SCCC. The molecule has 4 nitrogen and oxygen atoms in total. The lowest BCUT2D eigenvalue weighted by Crippen LogP contribution is -1.93. The Bertz CT molecular complexity index is 443. The van der Waals surface area contributed by atoms with Crippen molar-refractivity contribution in [3.05, 3.63) is 0 Å². The van der Waals surface area contributed by atoms with Crippen molar-refractivity contribution >= 4 is 46.5 Å². The van der Waals surface area contributed by atoms with E-state index in [4.69, 9.17) is 0 Å². The molecule has 0 bridgehead atoms. The molecule has 0 aromatic carbocycles. The van der Waals surface area contributed by atoms with Gasteiger partial charge in [0.1, 0.15) is 10.1 Å². The number of nitrogens with zero attached hydrogens (tertiary/aromatic N) is 4. The highest BCUT2D eigenvalue weighted by Crippen LogP contribution is 2.29. The highest BCUT2D eigenvalue weighted by molar-refractivity contribution is 8.02. The molecule has 0 amide bonds. The Morgan fingerprint density at radius 3 is 1.76 bits per heavy atom. The third-order valence-electron chi connectivity index (χ3n) is 1.94. The van der Waals surface area contributed by atoms with E-state index in [-0.39, 0.29) is 0 Å². The zero-order chi connectivity index (χ0) is 12.1. The van der Waals surface area contributed by atoms with Gasteiger partial charge in [0.25, 0.3) is 0 Å². The summed E-state index contributed by atoms with van der Waals surface area (Å²) in [5.74, 6) is 2.13. The van der Waals surface area contributed by atoms with E-state index in [0.29, 0.717) is 11.3 Å². The molecule has 0 aliphatic rings. The second-order valence-corrected chi connectivity index (χ2v) is 6.14. The van der Waals surface area contributed by atoms with Gasteiger partial charge < -0.3 is 0 Å². The smallest absolute Gasteiger partial charge is 0.213 e. The summed E-state index contributed by atoms with van der Waals surface area (Å²) in [7, 11) is 0. The van der Waals surface area contributed by atoms with Gasteiger partial charge in [0.2, 0.25) is 11.3 Å². The lowest BCUT2D eigenvalue weighted by Gasteiger charge is -2.05. The van der Waals surface area contributed by atoms with Crippen LogP contribution in [0.2, 0.25) is 0 Å². The summed E-state index contributed by atoms with van der Waals surface area (Å²) >= 11 is 4.69. The van der Waals surface area contributed by atoms with Gasteiger partial charge in [-0.25, -0.2) is 9.97 Å². The van der Waals surface area contributed by atoms with Crippen molar-refractivity contribution in [2.75, 3.05) is 11.5 Å². The molecule has 2 heterocycles. The van der Waals surface area contributed by atoms with Gasteiger partial charge in [-0.1, -0.05) is 13.8 Å². The van der Waals surface area contributed by atoms with E-state index < -0.39 is 0 Å². The summed E-state index contributed by atoms with van der Waals surface area (Å²) in [5, 5.41) is 2.01. The van der Waals surface area contributed by atoms with Crippen molar-refractivity contribution in [3.8, 4) is 0 Å². The summed E-state index contributed by atoms with van der Waals surface area (Å²) in [6.07, 6.45) is 2.27. The van der Waals surface area contributed by atoms with Crippen LogP contribution in [-0.4, -0.2) is 30.2 Å². The van der Waals surface area contributed by atoms with Gasteiger partial charge in [-0.05, 0) is 24.3 Å². The van der Waals surface area contributed by atoms with Crippen molar-refractivity contribution in [2.45, 2.75) is 36.7 Å². The largest absolute Gasteiger partial charge is 0.215 e. The summed E-state index contributed by atoms with van der Waals surface area (Å²) < 4.78 is 8.29. The van der Waals surface area contributed by atoms with Gasteiger partial charge in [0.15, 0.2) is 0 Å². The highest BCUT2D eigenvalue weighted by Gasteiger charge is 2.11. The second-order valence-electron chi connectivity index (χ2n) is 3.44. The lowest BCUT2D eigenvalue weighted by atomic mass is 10.6. The molecule has 17 heavy (non-hydrogen) atoms. The zero-order valence-electron chi connectivity index (χ0n) is 9.84. The number of hydrogen-bond acceptors (Lipinski definition) is 7. The fraction of sp³-hybridized carbons (Fsp3) is 0.600. The maximum atomic E-state index is 4.54. The molecular weight excluding hydrogens is 272 g/mol. The molecule has 0 radical (unpaired) electrons. The summed E-state index contributed by atoms with van der Waals surface area (Å²) in [6, 6.07) is 0. The van der Waals surface area contributed by atoms with Crippen LogP contribution in [-0.2, 0) is 0 Å². The van der Waals surface area contributed by atoms with E-state index in [2.05, 4.69) is 32.6 Å². The Kier molecular flexibility index (Phi) is 4.99. The maximum Gasteiger partial charge on any atom is 0.213 e. The Morgan fingerprint density at radius 2 is 1.35 bits per heavy atom. The van der Waals surface area contributed by atoms with Gasteiger partial charge in [0, 0.05) is 0 Å². The first kappa shape index (κ1) is 13.0. The standard InChI is InChI=1S/C10H14N4S3/c1-3-5-15-9-10(16-6-4-2)12-8-7(11-9)13-17-14-8/h3-6H2,1-2H3. The molecule has 92 valence electrons. The van der Waals surface area contributed by atoms with E-state index in [1.807, 2.05) is 0 Å². The number of thioether (sulfide) groups is 2. The third-order valence-corrected chi connectivity index (χ3v) is 4.92. The van der Waals surface area contributed by atoms with E-state index >= 15 is 0 Å². The summed E-state index contributed by atoms with van der Waals surface area (Å²) in [6.45, 7) is 4.34. The minimum Gasteiger partial charge on any atom is -0.215 e. The van der Waals surface area contributed by atoms with E-state index in [9.17, 15) is 0 Å². The van der Waals surface area contributed by atoms with Crippen LogP contribution in [0, 0.1) is 0 Å². The molecule has 0 spiro atoms. The van der Waals surface area contributed by atoms with E-state index in [0.717, 1.165) is 34.4 Å². The lowest BCUT2D eigenvalue weighted by molar-refractivity contribution is 0.949. The zero-order valence-corrected chi connectivity index (χ0v) is 12.3. The molecule has 0 N–H and O–H groups in total. The fourth-order valence-corrected chi connectivity index (χ4v) is 3.42. The Balaban J connectivity index is 2.29. The average Bonchev–Trinajstić information content (AvgIpc) is 2.80. The van der Waals surface area contributed by atoms with Crippen LogP contribution in [0.1, 0.15) is 26.7 Å². The van der Waals surface area contributed by atoms with Crippen LogP contribution in [0.15, 0.2) is 10.1 Å². The van der Waals surface area contributed by atoms with Crippen molar-refractivity contribution < 1.29 is 0 Å². The van der Waals surface area contributed by atoms with Crippen LogP contribution in [0.5, 0.6) is 0 Å². The monoisotopic (exact) mass is 286 g/mol. The Morgan fingerprint density at radius 1 is 0.882 bits per heavy atom. The van der Waals surface area contributed by atoms with Crippen molar-refractivity contribution in [1.82, 2.24) is 18.7 Å². The van der Waals surface area contributed by atoms with Crippen LogP contribution in [0.25, 0.3) is 11.3 Å². The van der Waals surface area contributed by atoms with Gasteiger partial charge >= 0.3 is 0 Å². The van der Waals surface area contributed by atoms with Gasteiger partial charge in [-0.2, -0.15) is 8.75 Å². The van der Waals surface area contributed by atoms with Crippen molar-refractivity contribution in [2.24, 2.45) is 0 Å². The first-order chi connectivity index (χ1) is 8.35. The quantitative estimate of drug-likeness (QED) is 0.758. The predicted molar refractivity (Wildman–Crippen MR) is 75.0 cm³/mol. The molecule has 0 aliphatic heterocycles. The van der Waals surface area contributed by atoms with Crippen LogP contribution in [0.3, 0.4) is 0 Å². The molecule has 0 fully saturated rings. The van der Waals surface area contributed by atoms with Crippen molar-refractivity contribution in [1.29, 1.82) is 0 Å². The van der Waals surface area contributed by atoms with E-state index in [1.165, 1.54) is 11.7 Å². The molecule has 7 heteroatoms. The number of hydrogen-bond donors (Lipinski definition) is 0. The fourth-order valence-electron chi connectivity index (χ4n) is 1.19. The Hall–Kier alpha value is -0.400. The van der Waals surface area contributed by atoms with E-state index in [1.54, 1.807) is 23.5 Å². The summed E-state index contributed by atoms with van der Waals surface area (Å²) in [4.78, 5) is 9.08.